The standard InChI is InChI=1S/C26H31F4N5O2S/c1-4-13-11-18(21(27)19(5-2)35(13)3)31-16-8-6-7-14-15(12-26(28,29)30)23(38-22(14)16)24-33-25(37-34-24)17-9-10-20(36)32-17/h6-8,13,17-19,21,31H,4-5,9-12H2,1-3H3,(H,32,36). The van der Waals surface area contributed by atoms with Gasteiger partial charge in [0.05, 0.1) is 27.7 Å². The van der Waals surface area contributed by atoms with Gasteiger partial charge in [-0.2, -0.15) is 18.2 Å². The molecule has 2 aliphatic heterocycles. The van der Waals surface area contributed by atoms with Crippen LogP contribution in [0.5, 0.6) is 0 Å². The predicted molar refractivity (Wildman–Crippen MR) is 138 cm³/mol. The van der Waals surface area contributed by atoms with Crippen LogP contribution < -0.4 is 10.6 Å². The molecule has 1 aromatic carbocycles. The van der Waals surface area contributed by atoms with Crippen molar-refractivity contribution in [2.24, 2.45) is 0 Å². The fraction of sp³-hybridized carbons (Fsp3) is 0.577. The first-order valence-electron chi connectivity index (χ1n) is 13.0. The maximum Gasteiger partial charge on any atom is 0.393 e. The van der Waals surface area contributed by atoms with E-state index < -0.39 is 30.9 Å². The SMILES string of the molecule is CCC1CC(Nc2cccc3c(CC(F)(F)F)c(-c4noc(C5CCC(=O)N5)n4)sc23)C(F)C(CC)N1C. The van der Waals surface area contributed by atoms with Gasteiger partial charge in [-0.05, 0) is 49.7 Å². The third-order valence-corrected chi connectivity index (χ3v) is 9.02. The molecule has 2 N–H and O–H groups in total. The van der Waals surface area contributed by atoms with Crippen molar-refractivity contribution in [3.8, 4) is 10.7 Å². The van der Waals surface area contributed by atoms with E-state index in [0.29, 0.717) is 41.5 Å². The van der Waals surface area contributed by atoms with Crippen LogP contribution in [-0.2, 0) is 11.2 Å². The second-order valence-electron chi connectivity index (χ2n) is 10.1. The van der Waals surface area contributed by atoms with Crippen LogP contribution in [0.4, 0.5) is 23.2 Å². The molecule has 2 saturated heterocycles. The van der Waals surface area contributed by atoms with E-state index in [1.807, 2.05) is 14.0 Å². The summed E-state index contributed by atoms with van der Waals surface area (Å²) in [5, 5.41) is 10.5. The first kappa shape index (κ1) is 26.9. The number of amides is 1. The molecule has 2 aromatic heterocycles. The topological polar surface area (TPSA) is 83.3 Å². The highest BCUT2D eigenvalue weighted by molar-refractivity contribution is 7.23. The monoisotopic (exact) mass is 553 g/mol. The Morgan fingerprint density at radius 2 is 2.05 bits per heavy atom. The number of aromatic nitrogens is 2. The van der Waals surface area contributed by atoms with Gasteiger partial charge in [0, 0.05) is 18.5 Å². The van der Waals surface area contributed by atoms with Gasteiger partial charge in [0.25, 0.3) is 0 Å². The van der Waals surface area contributed by atoms with Gasteiger partial charge in [-0.25, -0.2) is 4.39 Å². The molecule has 5 rings (SSSR count). The second kappa shape index (κ2) is 10.4. The van der Waals surface area contributed by atoms with Crippen molar-refractivity contribution in [2.45, 2.75) is 88.9 Å². The molecule has 3 aromatic rings. The number of fused-ring (bicyclic) bond motifs is 1. The maximum absolute atomic E-state index is 15.6. The van der Waals surface area contributed by atoms with E-state index in [1.54, 1.807) is 18.2 Å². The van der Waals surface area contributed by atoms with E-state index in [1.165, 1.54) is 0 Å². The van der Waals surface area contributed by atoms with Crippen molar-refractivity contribution >= 4 is 33.0 Å². The normalized spacial score (nSPS) is 26.7. The number of hydrogen-bond donors (Lipinski definition) is 2. The number of benzene rings is 1. The number of hydrogen-bond acceptors (Lipinski definition) is 7. The first-order chi connectivity index (χ1) is 18.1. The molecule has 206 valence electrons. The molecular weight excluding hydrogens is 522 g/mol. The van der Waals surface area contributed by atoms with Gasteiger partial charge in [0.15, 0.2) is 0 Å². The minimum Gasteiger partial charge on any atom is -0.378 e. The van der Waals surface area contributed by atoms with Gasteiger partial charge in [-0.1, -0.05) is 31.1 Å². The van der Waals surface area contributed by atoms with Crippen LogP contribution in [0.15, 0.2) is 22.7 Å². The third kappa shape index (κ3) is 5.12. The molecule has 38 heavy (non-hydrogen) atoms. The highest BCUT2D eigenvalue weighted by Gasteiger charge is 2.41. The second-order valence-corrected chi connectivity index (χ2v) is 11.2. The molecule has 0 saturated carbocycles. The lowest BCUT2D eigenvalue weighted by molar-refractivity contribution is -0.126. The maximum atomic E-state index is 15.6. The van der Waals surface area contributed by atoms with Crippen molar-refractivity contribution in [3.05, 3.63) is 29.7 Å². The number of anilines is 1. The number of rotatable bonds is 7. The van der Waals surface area contributed by atoms with E-state index in [2.05, 4.69) is 32.6 Å². The van der Waals surface area contributed by atoms with Gasteiger partial charge in [0.1, 0.15) is 12.2 Å². The fourth-order valence-electron chi connectivity index (χ4n) is 5.77. The molecule has 5 unspecified atom stereocenters. The van der Waals surface area contributed by atoms with Crippen LogP contribution in [0.25, 0.3) is 20.8 Å². The molecule has 2 aliphatic rings. The number of thiophene rings is 1. The van der Waals surface area contributed by atoms with Crippen LogP contribution in [0.1, 0.15) is 63.4 Å². The number of alkyl halides is 4. The number of nitrogens with one attached hydrogen (secondary N) is 2. The summed E-state index contributed by atoms with van der Waals surface area (Å²) in [5.74, 6) is 0.0792. The molecule has 2 fully saturated rings. The van der Waals surface area contributed by atoms with Gasteiger partial charge < -0.3 is 15.2 Å². The van der Waals surface area contributed by atoms with Crippen LogP contribution in [-0.4, -0.2) is 58.5 Å². The van der Waals surface area contributed by atoms with Crippen molar-refractivity contribution in [1.82, 2.24) is 20.4 Å². The Labute approximate surface area is 222 Å². The Kier molecular flexibility index (Phi) is 7.38. The fourth-order valence-corrected chi connectivity index (χ4v) is 6.99. The Morgan fingerprint density at radius 1 is 1.26 bits per heavy atom. The van der Waals surface area contributed by atoms with Crippen LogP contribution in [0.3, 0.4) is 0 Å². The van der Waals surface area contributed by atoms with E-state index in [0.717, 1.165) is 17.8 Å². The van der Waals surface area contributed by atoms with E-state index in [-0.39, 0.29) is 40.1 Å². The Bertz CT molecular complexity index is 1310. The highest BCUT2D eigenvalue weighted by atomic mass is 32.1. The van der Waals surface area contributed by atoms with Crippen molar-refractivity contribution in [2.75, 3.05) is 12.4 Å². The molecule has 0 radical (unpaired) electrons. The molecular formula is C26H31F4N5O2S. The Morgan fingerprint density at radius 3 is 2.71 bits per heavy atom. The lowest BCUT2D eigenvalue weighted by Gasteiger charge is -2.45. The number of carbonyl (C=O) groups excluding carboxylic acids is 1. The van der Waals surface area contributed by atoms with Crippen molar-refractivity contribution in [1.29, 1.82) is 0 Å². The summed E-state index contributed by atoms with van der Waals surface area (Å²) in [7, 11) is 1.96. The van der Waals surface area contributed by atoms with Gasteiger partial charge in [-0.3, -0.25) is 9.69 Å². The summed E-state index contributed by atoms with van der Waals surface area (Å²) in [5.41, 5.74) is 0.651. The lowest BCUT2D eigenvalue weighted by Crippen LogP contribution is -2.57. The summed E-state index contributed by atoms with van der Waals surface area (Å²) in [6.45, 7) is 4.05. The predicted octanol–water partition coefficient (Wildman–Crippen LogP) is 6.02. The van der Waals surface area contributed by atoms with Gasteiger partial charge >= 0.3 is 6.18 Å². The van der Waals surface area contributed by atoms with Gasteiger partial charge in [0.2, 0.25) is 17.6 Å². The number of carbonyl (C=O) groups is 1. The van der Waals surface area contributed by atoms with Crippen LogP contribution in [0.2, 0.25) is 0 Å². The average Bonchev–Trinajstić information content (AvgIpc) is 3.59. The van der Waals surface area contributed by atoms with Gasteiger partial charge in [-0.15, -0.1) is 11.3 Å². The van der Waals surface area contributed by atoms with E-state index >= 15 is 4.39 Å². The van der Waals surface area contributed by atoms with E-state index in [4.69, 9.17) is 4.52 Å². The molecule has 0 bridgehead atoms. The molecule has 1 amide bonds. The van der Waals surface area contributed by atoms with Crippen LogP contribution >= 0.6 is 11.3 Å². The van der Waals surface area contributed by atoms with Crippen molar-refractivity contribution < 1.29 is 26.9 Å². The largest absolute Gasteiger partial charge is 0.393 e. The molecule has 4 heterocycles. The van der Waals surface area contributed by atoms with Crippen LogP contribution in [0, 0.1) is 0 Å². The van der Waals surface area contributed by atoms with E-state index in [9.17, 15) is 18.0 Å². The minimum atomic E-state index is -4.46. The minimum absolute atomic E-state index is 0.0484. The third-order valence-electron chi connectivity index (χ3n) is 7.74. The number of nitrogens with zero attached hydrogens (tertiary/aromatic N) is 3. The van der Waals surface area contributed by atoms with Crippen molar-refractivity contribution in [3.63, 3.8) is 0 Å². The highest BCUT2D eigenvalue weighted by Crippen LogP contribution is 2.44. The quantitative estimate of drug-likeness (QED) is 0.348. The summed E-state index contributed by atoms with van der Waals surface area (Å²) < 4.78 is 62.6. The number of halogens is 4. The molecule has 5 atom stereocenters. The summed E-state index contributed by atoms with van der Waals surface area (Å²) in [6.07, 6.45) is -3.81. The zero-order valence-electron chi connectivity index (χ0n) is 21.4. The summed E-state index contributed by atoms with van der Waals surface area (Å²) in [4.78, 5) is 18.3. The average molecular weight is 554 g/mol. The lowest BCUT2D eigenvalue weighted by atomic mass is 9.87. The first-order valence-corrected chi connectivity index (χ1v) is 13.8. The molecule has 0 spiro atoms. The molecule has 7 nitrogen and oxygen atoms in total. The molecule has 0 aliphatic carbocycles. The molecule has 12 heteroatoms. The smallest absolute Gasteiger partial charge is 0.378 e. The zero-order chi connectivity index (χ0) is 27.2. The zero-order valence-corrected chi connectivity index (χ0v) is 22.3. The summed E-state index contributed by atoms with van der Waals surface area (Å²) >= 11 is 1.14. The number of likely N-dealkylation sites (tertiary alicyclic amines) is 1. The number of piperidine rings is 1. The Balaban J connectivity index is 1.53. The Hall–Kier alpha value is -2.73. The summed E-state index contributed by atoms with van der Waals surface area (Å²) in [6, 6.07) is 4.16.